The summed E-state index contributed by atoms with van der Waals surface area (Å²) in [6.07, 6.45) is 1.82. The molecule has 0 amide bonds. The first kappa shape index (κ1) is 16.3. The van der Waals surface area contributed by atoms with E-state index in [1.165, 1.54) is 18.4 Å². The van der Waals surface area contributed by atoms with Gasteiger partial charge in [0.2, 0.25) is 0 Å². The average Bonchev–Trinajstić information content (AvgIpc) is 3.17. The van der Waals surface area contributed by atoms with Crippen molar-refractivity contribution in [1.82, 2.24) is 9.38 Å². The number of carbonyl (C=O) groups is 1. The van der Waals surface area contributed by atoms with Gasteiger partial charge in [-0.25, -0.2) is 14.2 Å². The molecule has 2 aromatic heterocycles. The van der Waals surface area contributed by atoms with Crippen LogP contribution >= 0.6 is 11.3 Å². The van der Waals surface area contributed by atoms with Crippen LogP contribution in [0.2, 0.25) is 0 Å². The van der Waals surface area contributed by atoms with Gasteiger partial charge >= 0.3 is 5.97 Å². The van der Waals surface area contributed by atoms with Crippen molar-refractivity contribution in [1.29, 1.82) is 0 Å². The number of benzene rings is 2. The van der Waals surface area contributed by atoms with Crippen molar-refractivity contribution in [3.8, 4) is 5.75 Å². The van der Waals surface area contributed by atoms with E-state index in [4.69, 9.17) is 4.74 Å². The van der Waals surface area contributed by atoms with Crippen LogP contribution in [-0.2, 0) is 9.53 Å². The molecule has 26 heavy (non-hydrogen) atoms. The SMILES string of the molecule is COC(=O)COc1ccc(C=c2sc3nc4ccccc4n3c2=O)cc1. The largest absolute Gasteiger partial charge is 0.482 e. The summed E-state index contributed by atoms with van der Waals surface area (Å²) < 4.78 is 12.1. The maximum Gasteiger partial charge on any atom is 0.343 e. The Balaban J connectivity index is 1.67. The third-order valence-electron chi connectivity index (χ3n) is 3.91. The van der Waals surface area contributed by atoms with Crippen molar-refractivity contribution in [3.63, 3.8) is 0 Å². The van der Waals surface area contributed by atoms with Gasteiger partial charge in [0.05, 0.1) is 22.7 Å². The molecule has 2 aromatic carbocycles. The van der Waals surface area contributed by atoms with E-state index >= 15 is 0 Å². The number of hydrogen-bond acceptors (Lipinski definition) is 6. The van der Waals surface area contributed by atoms with Gasteiger partial charge in [0.1, 0.15) is 5.75 Å². The Hall–Kier alpha value is -3.19. The number of thiazole rings is 1. The van der Waals surface area contributed by atoms with Crippen LogP contribution in [0.3, 0.4) is 0 Å². The molecule has 0 radical (unpaired) electrons. The van der Waals surface area contributed by atoms with Gasteiger partial charge in [0, 0.05) is 0 Å². The summed E-state index contributed by atoms with van der Waals surface area (Å²) in [4.78, 5) is 29.0. The highest BCUT2D eigenvalue weighted by Crippen LogP contribution is 2.16. The lowest BCUT2D eigenvalue weighted by Gasteiger charge is -2.04. The van der Waals surface area contributed by atoms with Gasteiger partial charge in [0.25, 0.3) is 5.56 Å². The van der Waals surface area contributed by atoms with Crippen molar-refractivity contribution in [2.45, 2.75) is 0 Å². The third-order valence-corrected chi connectivity index (χ3v) is 4.88. The Morgan fingerprint density at radius 1 is 1.19 bits per heavy atom. The van der Waals surface area contributed by atoms with Crippen LogP contribution in [0.4, 0.5) is 0 Å². The maximum absolute atomic E-state index is 12.7. The summed E-state index contributed by atoms with van der Waals surface area (Å²) in [7, 11) is 1.31. The highest BCUT2D eigenvalue weighted by atomic mass is 32.1. The van der Waals surface area contributed by atoms with E-state index < -0.39 is 5.97 Å². The fourth-order valence-electron chi connectivity index (χ4n) is 2.62. The van der Waals surface area contributed by atoms with Crippen LogP contribution < -0.4 is 14.8 Å². The lowest BCUT2D eigenvalue weighted by Crippen LogP contribution is -2.22. The average molecular weight is 366 g/mol. The van der Waals surface area contributed by atoms with Crippen molar-refractivity contribution >= 4 is 39.4 Å². The van der Waals surface area contributed by atoms with Gasteiger partial charge in [-0.05, 0) is 35.9 Å². The molecule has 0 atom stereocenters. The number of hydrogen-bond donors (Lipinski definition) is 0. The Kier molecular flexibility index (Phi) is 4.14. The second-order valence-corrected chi connectivity index (χ2v) is 6.58. The van der Waals surface area contributed by atoms with E-state index in [9.17, 15) is 9.59 Å². The molecule has 0 saturated heterocycles. The fourth-order valence-corrected chi connectivity index (χ4v) is 3.61. The van der Waals surface area contributed by atoms with E-state index in [0.29, 0.717) is 15.2 Å². The molecule has 0 aliphatic heterocycles. The van der Waals surface area contributed by atoms with E-state index in [1.54, 1.807) is 16.5 Å². The quantitative estimate of drug-likeness (QED) is 0.517. The lowest BCUT2D eigenvalue weighted by atomic mass is 10.2. The minimum absolute atomic E-state index is 0.0790. The van der Waals surface area contributed by atoms with Gasteiger partial charge < -0.3 is 9.47 Å². The summed E-state index contributed by atoms with van der Waals surface area (Å²) in [5.74, 6) is 0.118. The molecule has 6 nitrogen and oxygen atoms in total. The van der Waals surface area contributed by atoms with Gasteiger partial charge in [-0.2, -0.15) is 0 Å². The minimum Gasteiger partial charge on any atom is -0.482 e. The van der Waals surface area contributed by atoms with Crippen molar-refractivity contribution < 1.29 is 14.3 Å². The number of rotatable bonds is 4. The zero-order valence-corrected chi connectivity index (χ0v) is 14.7. The van der Waals surface area contributed by atoms with Crippen molar-refractivity contribution in [2.75, 3.05) is 13.7 Å². The number of fused-ring (bicyclic) bond motifs is 3. The molecule has 0 N–H and O–H groups in total. The first-order valence-electron chi connectivity index (χ1n) is 7.87. The summed E-state index contributed by atoms with van der Waals surface area (Å²) in [5, 5.41) is 0. The number of para-hydroxylation sites is 2. The fraction of sp³-hybridized carbons (Fsp3) is 0.105. The molecule has 0 unspecified atom stereocenters. The number of imidazole rings is 1. The number of carbonyl (C=O) groups excluding carboxylic acids is 1. The smallest absolute Gasteiger partial charge is 0.343 e. The molecule has 0 saturated carbocycles. The Morgan fingerprint density at radius 2 is 1.96 bits per heavy atom. The van der Waals surface area contributed by atoms with Crippen LogP contribution in [0.25, 0.3) is 22.1 Å². The maximum atomic E-state index is 12.7. The summed E-state index contributed by atoms with van der Waals surface area (Å²) in [6, 6.07) is 14.7. The monoisotopic (exact) mass is 366 g/mol. The predicted octanol–water partition coefficient (Wildman–Crippen LogP) is 2.01. The zero-order chi connectivity index (χ0) is 18.1. The summed E-state index contributed by atoms with van der Waals surface area (Å²) in [5.41, 5.74) is 2.41. The number of esters is 1. The van der Waals surface area contributed by atoms with E-state index in [1.807, 2.05) is 42.5 Å². The van der Waals surface area contributed by atoms with E-state index in [2.05, 4.69) is 9.72 Å². The number of aromatic nitrogens is 2. The lowest BCUT2D eigenvalue weighted by molar-refractivity contribution is -0.142. The van der Waals surface area contributed by atoms with E-state index in [0.717, 1.165) is 16.6 Å². The molecular formula is C19H14N2O4S. The molecule has 0 fully saturated rings. The van der Waals surface area contributed by atoms with Gasteiger partial charge in [-0.15, -0.1) is 0 Å². The number of ether oxygens (including phenoxy) is 2. The van der Waals surface area contributed by atoms with Crippen LogP contribution in [0, 0.1) is 0 Å². The molecule has 130 valence electrons. The van der Waals surface area contributed by atoms with Crippen LogP contribution in [0.15, 0.2) is 53.3 Å². The Morgan fingerprint density at radius 3 is 2.73 bits per heavy atom. The molecular weight excluding hydrogens is 352 g/mol. The van der Waals surface area contributed by atoms with Gasteiger partial charge in [0.15, 0.2) is 11.6 Å². The summed E-state index contributed by atoms with van der Waals surface area (Å²) >= 11 is 1.36. The molecule has 0 bridgehead atoms. The molecule has 0 aliphatic carbocycles. The van der Waals surface area contributed by atoms with Crippen LogP contribution in [0.5, 0.6) is 5.75 Å². The van der Waals surface area contributed by atoms with Crippen LogP contribution in [0.1, 0.15) is 5.56 Å². The predicted molar refractivity (Wildman–Crippen MR) is 99.6 cm³/mol. The molecule has 4 aromatic rings. The van der Waals surface area contributed by atoms with Gasteiger partial charge in [-0.1, -0.05) is 35.6 Å². The third kappa shape index (κ3) is 2.93. The summed E-state index contributed by atoms with van der Waals surface area (Å²) in [6.45, 7) is -0.139. The van der Waals surface area contributed by atoms with E-state index in [-0.39, 0.29) is 12.2 Å². The first-order valence-corrected chi connectivity index (χ1v) is 8.69. The Labute approximate surface area is 151 Å². The molecule has 0 aliphatic rings. The van der Waals surface area contributed by atoms with Crippen molar-refractivity contribution in [3.05, 3.63) is 69.0 Å². The minimum atomic E-state index is -0.439. The topological polar surface area (TPSA) is 69.9 Å². The molecule has 4 rings (SSSR count). The Bertz CT molecular complexity index is 1210. The van der Waals surface area contributed by atoms with Crippen LogP contribution in [-0.4, -0.2) is 29.1 Å². The molecule has 2 heterocycles. The number of nitrogens with zero attached hydrogens (tertiary/aromatic N) is 2. The second-order valence-electron chi connectivity index (χ2n) is 5.57. The normalized spacial score (nSPS) is 12.0. The van der Waals surface area contributed by atoms with Crippen molar-refractivity contribution in [2.24, 2.45) is 0 Å². The highest BCUT2D eigenvalue weighted by Gasteiger charge is 2.10. The zero-order valence-electron chi connectivity index (χ0n) is 13.8. The standard InChI is InChI=1S/C19H14N2O4S/c1-24-17(22)11-25-13-8-6-12(7-9-13)10-16-18(23)21-15-5-3-2-4-14(15)20-19(21)26-16/h2-10H,11H2,1H3. The molecule has 0 spiro atoms. The second kappa shape index (κ2) is 6.61. The van der Waals surface area contributed by atoms with Gasteiger partial charge in [-0.3, -0.25) is 4.79 Å². The molecule has 7 heteroatoms. The highest BCUT2D eigenvalue weighted by molar-refractivity contribution is 7.15. The number of methoxy groups -OCH3 is 1. The first-order chi connectivity index (χ1) is 12.7.